The van der Waals surface area contributed by atoms with Gasteiger partial charge >= 0.3 is 12.1 Å². The van der Waals surface area contributed by atoms with Crippen LogP contribution in [0.4, 0.5) is 22.0 Å². The van der Waals surface area contributed by atoms with Crippen LogP contribution in [0.25, 0.3) is 0 Å². The molecule has 0 aliphatic carbocycles. The Kier molecular flexibility index (Phi) is 3.02. The minimum Gasteiger partial charge on any atom is -0.338 e. The van der Waals surface area contributed by atoms with Gasteiger partial charge in [0.25, 0.3) is 0 Å². The van der Waals surface area contributed by atoms with E-state index in [4.69, 9.17) is 0 Å². The summed E-state index contributed by atoms with van der Waals surface area (Å²) in [5.74, 6) is -7.69. The van der Waals surface area contributed by atoms with Gasteiger partial charge in [0.1, 0.15) is 5.82 Å². The first kappa shape index (κ1) is 12.6. The summed E-state index contributed by atoms with van der Waals surface area (Å²) in [4.78, 5) is 14.3. The quantitative estimate of drug-likeness (QED) is 0.756. The third-order valence-corrected chi connectivity index (χ3v) is 1.95. The molecule has 0 saturated heterocycles. The number of imidazole rings is 1. The number of rotatable bonds is 3. The minimum absolute atomic E-state index is 0.145. The third-order valence-electron chi connectivity index (χ3n) is 1.95. The third kappa shape index (κ3) is 2.20. The molecule has 0 saturated carbocycles. The molecule has 0 spiro atoms. The first-order chi connectivity index (χ1) is 7.16. The van der Waals surface area contributed by atoms with Gasteiger partial charge in [-0.1, -0.05) is 0 Å². The van der Waals surface area contributed by atoms with Crippen molar-refractivity contribution in [1.82, 2.24) is 9.55 Å². The second-order valence-corrected chi connectivity index (χ2v) is 3.13. The van der Waals surface area contributed by atoms with Crippen molar-refractivity contribution in [3.05, 3.63) is 18.2 Å². The molecule has 0 atom stereocenters. The molecule has 8 heteroatoms. The summed E-state index contributed by atoms with van der Waals surface area (Å²) in [7, 11) is 1.39. The van der Waals surface area contributed by atoms with Crippen LogP contribution in [0.5, 0.6) is 0 Å². The van der Waals surface area contributed by atoms with Gasteiger partial charge in [0.15, 0.2) is 0 Å². The van der Waals surface area contributed by atoms with Crippen LogP contribution in [0.15, 0.2) is 12.4 Å². The smallest absolute Gasteiger partial charge is 0.338 e. The maximum absolute atomic E-state index is 12.5. The maximum Gasteiger partial charge on any atom is 0.461 e. The number of aryl methyl sites for hydroxylation is 1. The zero-order chi connectivity index (χ0) is 12.6. The van der Waals surface area contributed by atoms with Gasteiger partial charge in [-0.2, -0.15) is 22.0 Å². The lowest BCUT2D eigenvalue weighted by atomic mass is 10.1. The zero-order valence-corrected chi connectivity index (χ0v) is 8.05. The standard InChI is InChI=1S/C8H7F5N2O/c1-15-3-2-14-6(15)4-5(16)7(9,10)8(11,12)13/h2-3H,4H2,1H3. The van der Waals surface area contributed by atoms with Gasteiger partial charge in [0.05, 0.1) is 6.42 Å². The van der Waals surface area contributed by atoms with E-state index in [9.17, 15) is 26.7 Å². The first-order valence-corrected chi connectivity index (χ1v) is 4.10. The molecule has 0 aliphatic rings. The second kappa shape index (κ2) is 3.84. The minimum atomic E-state index is -5.87. The van der Waals surface area contributed by atoms with Gasteiger partial charge in [-0.25, -0.2) is 4.98 Å². The van der Waals surface area contributed by atoms with Crippen LogP contribution in [0, 0.1) is 0 Å². The molecule has 1 heterocycles. The molecule has 0 bridgehead atoms. The monoisotopic (exact) mass is 242 g/mol. The Labute approximate surface area is 86.9 Å². The lowest BCUT2D eigenvalue weighted by molar-refractivity contribution is -0.268. The number of ketones is 1. The average Bonchev–Trinajstić information content (AvgIpc) is 2.49. The molecule has 0 amide bonds. The zero-order valence-electron chi connectivity index (χ0n) is 8.05. The predicted octanol–water partition coefficient (Wildman–Crippen LogP) is 1.73. The molecule has 0 N–H and O–H groups in total. The molecule has 0 radical (unpaired) electrons. The van der Waals surface area contributed by atoms with Crippen molar-refractivity contribution in [2.75, 3.05) is 0 Å². The van der Waals surface area contributed by atoms with E-state index in [1.807, 2.05) is 0 Å². The van der Waals surface area contributed by atoms with Gasteiger partial charge in [-0.3, -0.25) is 4.79 Å². The summed E-state index contributed by atoms with van der Waals surface area (Å²) < 4.78 is 61.7. The van der Waals surface area contributed by atoms with E-state index in [-0.39, 0.29) is 5.82 Å². The lowest BCUT2D eigenvalue weighted by Gasteiger charge is -2.17. The van der Waals surface area contributed by atoms with Crippen molar-refractivity contribution < 1.29 is 26.7 Å². The molecule has 3 nitrogen and oxygen atoms in total. The van der Waals surface area contributed by atoms with E-state index in [1.54, 1.807) is 0 Å². The highest BCUT2D eigenvalue weighted by atomic mass is 19.4. The van der Waals surface area contributed by atoms with Crippen LogP contribution in [-0.2, 0) is 18.3 Å². The van der Waals surface area contributed by atoms with Crippen molar-refractivity contribution in [1.29, 1.82) is 0 Å². The van der Waals surface area contributed by atoms with Crippen LogP contribution in [0.3, 0.4) is 0 Å². The fourth-order valence-corrected chi connectivity index (χ4v) is 0.980. The largest absolute Gasteiger partial charge is 0.461 e. The Hall–Kier alpha value is -1.47. The topological polar surface area (TPSA) is 34.9 Å². The van der Waals surface area contributed by atoms with E-state index < -0.39 is 24.3 Å². The molecular weight excluding hydrogens is 235 g/mol. The summed E-state index contributed by atoms with van der Waals surface area (Å²) >= 11 is 0. The summed E-state index contributed by atoms with van der Waals surface area (Å²) in [5.41, 5.74) is 0. The van der Waals surface area contributed by atoms with Gasteiger partial charge in [-0.15, -0.1) is 0 Å². The van der Waals surface area contributed by atoms with Gasteiger partial charge < -0.3 is 4.57 Å². The lowest BCUT2D eigenvalue weighted by Crippen LogP contribution is -2.45. The number of hydrogen-bond acceptors (Lipinski definition) is 2. The molecule has 1 rings (SSSR count). The van der Waals surface area contributed by atoms with Crippen LogP contribution in [-0.4, -0.2) is 27.4 Å². The molecule has 0 fully saturated rings. The number of carbonyl (C=O) groups excluding carboxylic acids is 1. The summed E-state index contributed by atoms with van der Waals surface area (Å²) in [6.45, 7) is 0. The number of Topliss-reactive ketones (excluding diaryl/α,β-unsaturated/α-hetero) is 1. The van der Waals surface area contributed by atoms with E-state index in [1.165, 1.54) is 24.0 Å². The van der Waals surface area contributed by atoms with Gasteiger partial charge in [0.2, 0.25) is 5.78 Å². The molecule has 0 aromatic carbocycles. The first-order valence-electron chi connectivity index (χ1n) is 4.10. The Bertz CT molecular complexity index is 395. The molecule has 16 heavy (non-hydrogen) atoms. The van der Waals surface area contributed by atoms with Crippen molar-refractivity contribution in [3.8, 4) is 0 Å². The Balaban J connectivity index is 2.85. The predicted molar refractivity (Wildman–Crippen MR) is 42.9 cm³/mol. The molecule has 90 valence electrons. The normalized spacial score (nSPS) is 12.9. The van der Waals surface area contributed by atoms with Crippen LogP contribution in [0.1, 0.15) is 5.82 Å². The summed E-state index contributed by atoms with van der Waals surface area (Å²) in [6, 6.07) is 0. The fraction of sp³-hybridized carbons (Fsp3) is 0.500. The van der Waals surface area contributed by atoms with E-state index in [0.717, 1.165) is 0 Å². The number of hydrogen-bond donors (Lipinski definition) is 0. The Morgan fingerprint density at radius 1 is 1.38 bits per heavy atom. The number of carbonyl (C=O) groups is 1. The molecule has 0 aliphatic heterocycles. The molecule has 0 unspecified atom stereocenters. The van der Waals surface area contributed by atoms with Gasteiger partial charge in [0, 0.05) is 19.4 Å². The van der Waals surface area contributed by atoms with E-state index in [2.05, 4.69) is 4.98 Å². The highest BCUT2D eigenvalue weighted by Crippen LogP contribution is 2.36. The van der Waals surface area contributed by atoms with Gasteiger partial charge in [-0.05, 0) is 0 Å². The Morgan fingerprint density at radius 3 is 2.31 bits per heavy atom. The number of halogens is 5. The Morgan fingerprint density at radius 2 is 1.94 bits per heavy atom. The highest BCUT2D eigenvalue weighted by Gasteiger charge is 2.62. The highest BCUT2D eigenvalue weighted by molar-refractivity contribution is 5.87. The van der Waals surface area contributed by atoms with Crippen LogP contribution in [0.2, 0.25) is 0 Å². The average molecular weight is 242 g/mol. The molecule has 1 aromatic heterocycles. The maximum atomic E-state index is 12.5. The number of alkyl halides is 5. The van der Waals surface area contributed by atoms with E-state index >= 15 is 0 Å². The fourth-order valence-electron chi connectivity index (χ4n) is 0.980. The van der Waals surface area contributed by atoms with Crippen molar-refractivity contribution >= 4 is 5.78 Å². The molecular formula is C8H7F5N2O. The summed E-state index contributed by atoms with van der Waals surface area (Å²) in [5, 5.41) is 0. The van der Waals surface area contributed by atoms with E-state index in [0.29, 0.717) is 0 Å². The van der Waals surface area contributed by atoms with Crippen molar-refractivity contribution in [2.24, 2.45) is 7.05 Å². The van der Waals surface area contributed by atoms with Crippen molar-refractivity contribution in [2.45, 2.75) is 18.5 Å². The number of nitrogens with zero attached hydrogens (tertiary/aromatic N) is 2. The second-order valence-electron chi connectivity index (χ2n) is 3.13. The number of aromatic nitrogens is 2. The van der Waals surface area contributed by atoms with Crippen LogP contribution >= 0.6 is 0 Å². The summed E-state index contributed by atoms with van der Waals surface area (Å²) in [6.07, 6.45) is -4.38. The molecule has 1 aromatic rings. The van der Waals surface area contributed by atoms with Crippen LogP contribution < -0.4 is 0 Å². The SMILES string of the molecule is Cn1ccnc1CC(=O)C(F)(F)C(F)(F)F. The van der Waals surface area contributed by atoms with Crippen molar-refractivity contribution in [3.63, 3.8) is 0 Å².